The Morgan fingerprint density at radius 3 is 2.65 bits per heavy atom. The van der Waals surface area contributed by atoms with Crippen molar-refractivity contribution in [1.29, 1.82) is 0 Å². The number of benzene rings is 1. The molecule has 0 spiro atoms. The molecular weight excluding hydrogens is 261 g/mol. The summed E-state index contributed by atoms with van der Waals surface area (Å²) in [6.07, 6.45) is 0. The summed E-state index contributed by atoms with van der Waals surface area (Å²) >= 11 is 0. The summed E-state index contributed by atoms with van der Waals surface area (Å²) in [5, 5.41) is 11.0. The first kappa shape index (κ1) is 14.5. The van der Waals surface area contributed by atoms with Gasteiger partial charge in [-0.2, -0.15) is 0 Å². The Bertz CT molecular complexity index is 590. The Morgan fingerprint density at radius 1 is 1.30 bits per heavy atom. The van der Waals surface area contributed by atoms with Crippen molar-refractivity contribution in [2.75, 3.05) is 7.11 Å². The fourth-order valence-corrected chi connectivity index (χ4v) is 1.57. The molecule has 108 valence electrons. The predicted octanol–water partition coefficient (Wildman–Crippen LogP) is 2.77. The first-order valence-corrected chi connectivity index (χ1v) is 6.30. The van der Waals surface area contributed by atoms with Crippen LogP contribution < -0.4 is 10.1 Å². The molecule has 0 bridgehead atoms. The maximum Gasteiger partial charge on any atom is 0.250 e. The average Bonchev–Trinajstić information content (AvgIpc) is 2.84. The lowest BCUT2D eigenvalue weighted by atomic mass is 10.1. The van der Waals surface area contributed by atoms with E-state index < -0.39 is 5.82 Å². The van der Waals surface area contributed by atoms with Gasteiger partial charge in [0.15, 0.2) is 0 Å². The fraction of sp³-hybridized carbons (Fsp3) is 0.429. The van der Waals surface area contributed by atoms with Gasteiger partial charge in [0.25, 0.3) is 5.89 Å². The highest BCUT2D eigenvalue weighted by Crippen LogP contribution is 2.25. The summed E-state index contributed by atoms with van der Waals surface area (Å²) in [6.45, 7) is 6.54. The van der Waals surface area contributed by atoms with Gasteiger partial charge in [0.2, 0.25) is 5.89 Å². The zero-order valence-corrected chi connectivity index (χ0v) is 12.0. The maximum atomic E-state index is 13.9. The third kappa shape index (κ3) is 3.54. The summed E-state index contributed by atoms with van der Waals surface area (Å²) in [5.41, 5.74) is 0.209. The Kier molecular flexibility index (Phi) is 4.04. The van der Waals surface area contributed by atoms with Gasteiger partial charge in [0, 0.05) is 11.6 Å². The molecule has 0 saturated carbocycles. The Hall–Kier alpha value is -1.95. The molecule has 2 aromatic rings. The molecular formula is C14H18FN3O2. The summed E-state index contributed by atoms with van der Waals surface area (Å²) < 4.78 is 24.3. The predicted molar refractivity (Wildman–Crippen MR) is 72.8 cm³/mol. The van der Waals surface area contributed by atoms with E-state index >= 15 is 0 Å². The number of rotatable bonds is 4. The Morgan fingerprint density at radius 2 is 2.05 bits per heavy atom. The molecule has 1 heterocycles. The van der Waals surface area contributed by atoms with E-state index in [2.05, 4.69) is 15.5 Å². The highest BCUT2D eigenvalue weighted by Gasteiger charge is 2.15. The summed E-state index contributed by atoms with van der Waals surface area (Å²) in [5.74, 6) is 0.574. The SMILES string of the molecule is COc1ccc(-c2nnc(CNC(C)(C)C)o2)c(F)c1. The molecule has 0 aliphatic carbocycles. The molecule has 1 N–H and O–H groups in total. The maximum absolute atomic E-state index is 13.9. The smallest absolute Gasteiger partial charge is 0.250 e. The van der Waals surface area contributed by atoms with Gasteiger partial charge < -0.3 is 14.5 Å². The Balaban J connectivity index is 2.16. The minimum absolute atomic E-state index is 0.0556. The van der Waals surface area contributed by atoms with Crippen LogP contribution in [0.3, 0.4) is 0 Å². The van der Waals surface area contributed by atoms with E-state index in [1.807, 2.05) is 20.8 Å². The molecule has 2 rings (SSSR count). The number of aromatic nitrogens is 2. The standard InChI is InChI=1S/C14H18FN3O2/c1-14(2,3)16-8-12-17-18-13(20-12)10-6-5-9(19-4)7-11(10)15/h5-7,16H,8H2,1-4H3. The van der Waals surface area contributed by atoms with Crippen molar-refractivity contribution in [2.24, 2.45) is 0 Å². The average molecular weight is 279 g/mol. The van der Waals surface area contributed by atoms with Crippen molar-refractivity contribution in [2.45, 2.75) is 32.9 Å². The zero-order valence-electron chi connectivity index (χ0n) is 12.0. The molecule has 0 radical (unpaired) electrons. The molecule has 0 atom stereocenters. The van der Waals surface area contributed by atoms with Crippen molar-refractivity contribution >= 4 is 0 Å². The highest BCUT2D eigenvalue weighted by atomic mass is 19.1. The minimum Gasteiger partial charge on any atom is -0.497 e. The number of nitrogens with one attached hydrogen (secondary N) is 1. The van der Waals surface area contributed by atoms with Crippen molar-refractivity contribution in [3.05, 3.63) is 29.9 Å². The van der Waals surface area contributed by atoms with E-state index in [9.17, 15) is 4.39 Å². The van der Waals surface area contributed by atoms with Crippen LogP contribution in [-0.4, -0.2) is 22.8 Å². The molecule has 0 saturated heterocycles. The quantitative estimate of drug-likeness (QED) is 0.932. The van der Waals surface area contributed by atoms with Gasteiger partial charge in [0.1, 0.15) is 11.6 Å². The fourth-order valence-electron chi connectivity index (χ4n) is 1.57. The zero-order chi connectivity index (χ0) is 14.8. The monoisotopic (exact) mass is 279 g/mol. The van der Waals surface area contributed by atoms with Crippen LogP contribution >= 0.6 is 0 Å². The first-order valence-electron chi connectivity index (χ1n) is 6.30. The second-order valence-corrected chi connectivity index (χ2v) is 5.45. The van der Waals surface area contributed by atoms with Crippen molar-refractivity contribution in [3.63, 3.8) is 0 Å². The highest BCUT2D eigenvalue weighted by molar-refractivity contribution is 5.55. The van der Waals surface area contributed by atoms with Crippen molar-refractivity contribution in [1.82, 2.24) is 15.5 Å². The molecule has 1 aromatic heterocycles. The molecule has 5 nitrogen and oxygen atoms in total. The van der Waals surface area contributed by atoms with Gasteiger partial charge in [-0.3, -0.25) is 0 Å². The second kappa shape index (κ2) is 5.58. The van der Waals surface area contributed by atoms with Crippen LogP contribution in [0.2, 0.25) is 0 Å². The van der Waals surface area contributed by atoms with Crippen LogP contribution in [0.25, 0.3) is 11.5 Å². The van der Waals surface area contributed by atoms with Crippen LogP contribution in [0, 0.1) is 5.82 Å². The first-order chi connectivity index (χ1) is 9.39. The number of hydrogen-bond acceptors (Lipinski definition) is 5. The number of nitrogens with zero attached hydrogens (tertiary/aromatic N) is 2. The van der Waals surface area contributed by atoms with Crippen molar-refractivity contribution < 1.29 is 13.5 Å². The van der Waals surface area contributed by atoms with E-state index in [4.69, 9.17) is 9.15 Å². The summed E-state index contributed by atoms with van der Waals surface area (Å²) in [6, 6.07) is 4.49. The lowest BCUT2D eigenvalue weighted by molar-refractivity contribution is 0.383. The van der Waals surface area contributed by atoms with Gasteiger partial charge in [-0.25, -0.2) is 4.39 Å². The molecule has 0 aliphatic rings. The van der Waals surface area contributed by atoms with Crippen LogP contribution in [0.5, 0.6) is 5.75 Å². The summed E-state index contributed by atoms with van der Waals surface area (Å²) in [4.78, 5) is 0. The number of hydrogen-bond donors (Lipinski definition) is 1. The van der Waals surface area contributed by atoms with Crippen LogP contribution in [0.4, 0.5) is 4.39 Å². The van der Waals surface area contributed by atoms with Crippen LogP contribution in [-0.2, 0) is 6.54 Å². The Labute approximate surface area is 117 Å². The van der Waals surface area contributed by atoms with Crippen LogP contribution in [0.1, 0.15) is 26.7 Å². The second-order valence-electron chi connectivity index (χ2n) is 5.45. The van der Waals surface area contributed by atoms with E-state index in [0.29, 0.717) is 18.2 Å². The van der Waals surface area contributed by atoms with E-state index in [0.717, 1.165) is 0 Å². The largest absolute Gasteiger partial charge is 0.497 e. The third-order valence-electron chi connectivity index (χ3n) is 2.64. The van der Waals surface area contributed by atoms with E-state index in [-0.39, 0.29) is 17.0 Å². The normalized spacial score (nSPS) is 11.7. The molecule has 0 amide bonds. The van der Waals surface area contributed by atoms with E-state index in [1.54, 1.807) is 12.1 Å². The van der Waals surface area contributed by atoms with E-state index in [1.165, 1.54) is 13.2 Å². The van der Waals surface area contributed by atoms with Gasteiger partial charge in [-0.15, -0.1) is 10.2 Å². The summed E-state index contributed by atoms with van der Waals surface area (Å²) in [7, 11) is 1.48. The van der Waals surface area contributed by atoms with Gasteiger partial charge in [0.05, 0.1) is 19.2 Å². The lowest BCUT2D eigenvalue weighted by Crippen LogP contribution is -2.35. The van der Waals surface area contributed by atoms with Gasteiger partial charge in [-0.05, 0) is 32.9 Å². The number of halogens is 1. The molecule has 0 unspecified atom stereocenters. The van der Waals surface area contributed by atoms with Crippen molar-refractivity contribution in [3.8, 4) is 17.2 Å². The molecule has 6 heteroatoms. The number of ether oxygens (including phenoxy) is 1. The molecule has 0 fully saturated rings. The minimum atomic E-state index is -0.455. The molecule has 0 aliphatic heterocycles. The van der Waals surface area contributed by atoms with Gasteiger partial charge >= 0.3 is 0 Å². The topological polar surface area (TPSA) is 60.2 Å². The molecule has 20 heavy (non-hydrogen) atoms. The van der Waals surface area contributed by atoms with Crippen LogP contribution in [0.15, 0.2) is 22.6 Å². The third-order valence-corrected chi connectivity index (χ3v) is 2.64. The number of methoxy groups -OCH3 is 1. The molecule has 1 aromatic carbocycles. The lowest BCUT2D eigenvalue weighted by Gasteiger charge is -2.18. The van der Waals surface area contributed by atoms with Gasteiger partial charge in [-0.1, -0.05) is 0 Å².